The first kappa shape index (κ1) is 17.0. The smallest absolute Gasteiger partial charge is 0.295 e. The van der Waals surface area contributed by atoms with Crippen molar-refractivity contribution < 1.29 is 17.8 Å². The van der Waals surface area contributed by atoms with Crippen LogP contribution in [0.4, 0.5) is 5.69 Å². The summed E-state index contributed by atoms with van der Waals surface area (Å²) in [6.45, 7) is 3.29. The zero-order valence-electron chi connectivity index (χ0n) is 11.9. The van der Waals surface area contributed by atoms with Gasteiger partial charge >= 0.3 is 0 Å². The second-order valence-corrected chi connectivity index (χ2v) is 7.33. The highest BCUT2D eigenvalue weighted by Crippen LogP contribution is 2.35. The summed E-state index contributed by atoms with van der Waals surface area (Å²) in [4.78, 5) is 11.3. The van der Waals surface area contributed by atoms with E-state index in [9.17, 15) is 17.8 Å². The minimum atomic E-state index is -4.33. The molecular formula is C14H15IN2O4S. The van der Waals surface area contributed by atoms with Crippen molar-refractivity contribution in [1.82, 2.24) is 3.11 Å². The van der Waals surface area contributed by atoms with E-state index in [-0.39, 0.29) is 16.8 Å². The first-order chi connectivity index (χ1) is 10.1. The molecule has 0 saturated heterocycles. The highest BCUT2D eigenvalue weighted by molar-refractivity contribution is 14.1. The van der Waals surface area contributed by atoms with Gasteiger partial charge in [0.05, 0.1) is 28.9 Å². The fraction of sp³-hybridized carbons (Fsp3) is 0.214. The molecule has 0 saturated carbocycles. The van der Waals surface area contributed by atoms with Gasteiger partial charge in [0.1, 0.15) is 4.90 Å². The molecule has 1 unspecified atom stereocenters. The maximum absolute atomic E-state index is 11.5. The summed E-state index contributed by atoms with van der Waals surface area (Å²) in [5.74, 6) is -0.112. The summed E-state index contributed by atoms with van der Waals surface area (Å²) in [5, 5.41) is 0.870. The molecule has 1 amide bonds. The highest BCUT2D eigenvalue weighted by Gasteiger charge is 2.21. The van der Waals surface area contributed by atoms with Gasteiger partial charge < -0.3 is 5.73 Å². The minimum Gasteiger partial charge on any atom is -0.398 e. The van der Waals surface area contributed by atoms with Gasteiger partial charge in [0.15, 0.2) is 0 Å². The predicted molar refractivity (Wildman–Crippen MR) is 93.1 cm³/mol. The molecule has 2 aromatic carbocycles. The summed E-state index contributed by atoms with van der Waals surface area (Å²) in [6.07, 6.45) is 0. The van der Waals surface area contributed by atoms with E-state index >= 15 is 0 Å². The Bertz CT molecular complexity index is 851. The molecule has 6 nitrogen and oxygen atoms in total. The number of anilines is 1. The van der Waals surface area contributed by atoms with E-state index in [0.29, 0.717) is 22.0 Å². The number of carbonyl (C=O) groups excluding carboxylic acids is 1. The number of rotatable bonds is 3. The molecule has 0 aliphatic carbocycles. The highest BCUT2D eigenvalue weighted by atomic mass is 127. The van der Waals surface area contributed by atoms with Crippen molar-refractivity contribution in [3.05, 3.63) is 35.9 Å². The average molecular weight is 434 g/mol. The molecule has 0 aliphatic rings. The molecule has 0 aromatic heterocycles. The zero-order chi connectivity index (χ0) is 16.7. The maximum Gasteiger partial charge on any atom is 0.295 e. The van der Waals surface area contributed by atoms with Crippen molar-refractivity contribution in [2.75, 3.05) is 5.73 Å². The number of fused-ring (bicyclic) bond motifs is 1. The van der Waals surface area contributed by atoms with Gasteiger partial charge in [-0.2, -0.15) is 8.42 Å². The van der Waals surface area contributed by atoms with Gasteiger partial charge in [0.25, 0.3) is 10.1 Å². The second-order valence-electron chi connectivity index (χ2n) is 4.90. The van der Waals surface area contributed by atoms with Crippen LogP contribution >= 0.6 is 22.9 Å². The molecule has 0 aliphatic heterocycles. The number of carbonyl (C=O) groups is 1. The molecule has 22 heavy (non-hydrogen) atoms. The number of benzene rings is 2. The van der Waals surface area contributed by atoms with E-state index in [1.54, 1.807) is 18.2 Å². The van der Waals surface area contributed by atoms with Gasteiger partial charge in [-0.1, -0.05) is 24.3 Å². The van der Waals surface area contributed by atoms with E-state index in [4.69, 9.17) is 5.73 Å². The lowest BCUT2D eigenvalue weighted by molar-refractivity contribution is -0.124. The number of amides is 1. The van der Waals surface area contributed by atoms with Crippen LogP contribution in [0.25, 0.3) is 10.8 Å². The predicted octanol–water partition coefficient (Wildman–Crippen LogP) is 2.93. The van der Waals surface area contributed by atoms with Crippen molar-refractivity contribution in [2.45, 2.75) is 24.8 Å². The fourth-order valence-electron chi connectivity index (χ4n) is 2.35. The number of halogens is 1. The average Bonchev–Trinajstić information content (AvgIpc) is 2.44. The Hall–Kier alpha value is -1.39. The van der Waals surface area contributed by atoms with Gasteiger partial charge in [-0.3, -0.25) is 12.5 Å². The van der Waals surface area contributed by atoms with Crippen LogP contribution in [0.2, 0.25) is 0 Å². The van der Waals surface area contributed by atoms with Crippen molar-refractivity contribution in [2.24, 2.45) is 0 Å². The van der Waals surface area contributed by atoms with Crippen molar-refractivity contribution in [3.8, 4) is 0 Å². The number of nitrogens with zero attached hydrogens (tertiary/aromatic N) is 1. The van der Waals surface area contributed by atoms with Gasteiger partial charge in [0, 0.05) is 23.4 Å². The third-order valence-electron chi connectivity index (χ3n) is 3.47. The largest absolute Gasteiger partial charge is 0.398 e. The van der Waals surface area contributed by atoms with Crippen LogP contribution < -0.4 is 5.73 Å². The Morgan fingerprint density at radius 3 is 2.45 bits per heavy atom. The van der Waals surface area contributed by atoms with Crippen LogP contribution in [0.15, 0.2) is 35.2 Å². The lowest BCUT2D eigenvalue weighted by atomic mass is 10.00. The Morgan fingerprint density at radius 2 is 1.91 bits per heavy atom. The molecule has 0 bridgehead atoms. The monoisotopic (exact) mass is 434 g/mol. The topological polar surface area (TPSA) is 101 Å². The van der Waals surface area contributed by atoms with Crippen LogP contribution in [0.1, 0.15) is 25.5 Å². The lowest BCUT2D eigenvalue weighted by Gasteiger charge is -2.23. The Morgan fingerprint density at radius 1 is 1.27 bits per heavy atom. The van der Waals surface area contributed by atoms with E-state index in [0.717, 1.165) is 0 Å². The molecule has 2 rings (SSSR count). The standard InChI is InChI=1S/C14H15IN2O4S/c1-8(17(15)9(2)18)10-6-7-11-12(14(10)16)4-3-5-13(11)22(19,20)21/h3-8H,16H2,1-2H3,(H,19,20,21). The summed E-state index contributed by atoms with van der Waals surface area (Å²) in [6, 6.07) is 7.51. The van der Waals surface area contributed by atoms with E-state index < -0.39 is 10.1 Å². The summed E-state index contributed by atoms with van der Waals surface area (Å²) in [7, 11) is -4.33. The van der Waals surface area contributed by atoms with Crippen LogP contribution in [-0.4, -0.2) is 22.0 Å². The normalized spacial score (nSPS) is 13.1. The molecule has 0 radical (unpaired) electrons. The molecule has 0 fully saturated rings. The molecule has 1 atom stereocenters. The zero-order valence-corrected chi connectivity index (χ0v) is 14.9. The fourth-order valence-corrected chi connectivity index (χ4v) is 3.36. The molecule has 118 valence electrons. The van der Waals surface area contributed by atoms with Crippen LogP contribution in [0.5, 0.6) is 0 Å². The summed E-state index contributed by atoms with van der Waals surface area (Å²) in [5.41, 5.74) is 7.25. The first-order valence-corrected chi connectivity index (χ1v) is 8.79. The van der Waals surface area contributed by atoms with E-state index in [1.165, 1.54) is 22.2 Å². The number of nitrogen functional groups attached to an aromatic ring is 1. The lowest BCUT2D eigenvalue weighted by Crippen LogP contribution is -2.22. The van der Waals surface area contributed by atoms with Crippen molar-refractivity contribution in [1.29, 1.82) is 0 Å². The van der Waals surface area contributed by atoms with Gasteiger partial charge in [-0.25, -0.2) is 0 Å². The van der Waals surface area contributed by atoms with Crippen molar-refractivity contribution in [3.63, 3.8) is 0 Å². The molecular weight excluding hydrogens is 419 g/mol. The first-order valence-electron chi connectivity index (χ1n) is 6.38. The van der Waals surface area contributed by atoms with Gasteiger partial charge in [-0.05, 0) is 18.6 Å². The maximum atomic E-state index is 11.5. The quantitative estimate of drug-likeness (QED) is 0.335. The van der Waals surface area contributed by atoms with Crippen molar-refractivity contribution >= 4 is 55.3 Å². The second kappa shape index (κ2) is 6.01. The molecule has 0 heterocycles. The number of hydrogen-bond donors (Lipinski definition) is 2. The van der Waals surface area contributed by atoms with Gasteiger partial charge in [0.2, 0.25) is 5.91 Å². The van der Waals surface area contributed by atoms with Crippen LogP contribution in [0, 0.1) is 0 Å². The minimum absolute atomic E-state index is 0.112. The summed E-state index contributed by atoms with van der Waals surface area (Å²) < 4.78 is 33.7. The van der Waals surface area contributed by atoms with Crippen LogP contribution in [0.3, 0.4) is 0 Å². The SMILES string of the molecule is CC(=O)N(I)C(C)c1ccc2c(S(=O)(=O)O)cccc2c1N. The number of hydrogen-bond acceptors (Lipinski definition) is 4. The summed E-state index contributed by atoms with van der Waals surface area (Å²) >= 11 is 1.91. The van der Waals surface area contributed by atoms with Crippen LogP contribution in [-0.2, 0) is 14.9 Å². The molecule has 0 spiro atoms. The number of nitrogens with two attached hydrogens (primary N) is 1. The van der Waals surface area contributed by atoms with E-state index in [2.05, 4.69) is 0 Å². The van der Waals surface area contributed by atoms with E-state index in [1.807, 2.05) is 29.8 Å². The van der Waals surface area contributed by atoms with Gasteiger partial charge in [-0.15, -0.1) is 0 Å². The molecule has 8 heteroatoms. The Balaban J connectivity index is 2.69. The molecule has 3 N–H and O–H groups in total. The molecule has 2 aromatic rings. The Labute approximate surface area is 142 Å². The Kier molecular flexibility index (Phi) is 4.64. The third-order valence-corrected chi connectivity index (χ3v) is 5.89. The third kappa shape index (κ3) is 3.03.